The van der Waals surface area contributed by atoms with Gasteiger partial charge in [-0.1, -0.05) is 19.1 Å². The van der Waals surface area contributed by atoms with Crippen molar-refractivity contribution in [3.63, 3.8) is 0 Å². The lowest BCUT2D eigenvalue weighted by molar-refractivity contribution is -0.138. The van der Waals surface area contributed by atoms with Crippen molar-refractivity contribution < 1.29 is 14.3 Å². The smallest absolute Gasteiger partial charge is 0.348 e. The van der Waals surface area contributed by atoms with Crippen molar-refractivity contribution in [1.29, 1.82) is 5.26 Å². The molecule has 0 amide bonds. The summed E-state index contributed by atoms with van der Waals surface area (Å²) >= 11 is 0. The molecule has 0 saturated heterocycles. The maximum atomic E-state index is 11.6. The third-order valence-electron chi connectivity index (χ3n) is 2.28. The first kappa shape index (κ1) is 14.8. The van der Waals surface area contributed by atoms with Crippen LogP contribution in [0.3, 0.4) is 0 Å². The predicted octanol–water partition coefficient (Wildman–Crippen LogP) is 2.95. The molecular formula is C15H17NO3. The van der Waals surface area contributed by atoms with Crippen molar-refractivity contribution >= 4 is 12.0 Å². The van der Waals surface area contributed by atoms with Crippen molar-refractivity contribution in [3.05, 3.63) is 35.4 Å². The van der Waals surface area contributed by atoms with E-state index in [2.05, 4.69) is 0 Å². The zero-order chi connectivity index (χ0) is 14.1. The lowest BCUT2D eigenvalue weighted by Gasteiger charge is -2.03. The first-order valence-corrected chi connectivity index (χ1v) is 6.23. The van der Waals surface area contributed by atoms with Crippen LogP contribution in [0.1, 0.15) is 25.8 Å². The minimum atomic E-state index is -0.585. The second kappa shape index (κ2) is 7.93. The Morgan fingerprint density at radius 2 is 2.00 bits per heavy atom. The first-order chi connectivity index (χ1) is 9.21. The molecule has 4 nitrogen and oxygen atoms in total. The van der Waals surface area contributed by atoms with Crippen LogP contribution in [0.15, 0.2) is 29.8 Å². The molecule has 0 aliphatic heterocycles. The Morgan fingerprint density at radius 1 is 1.32 bits per heavy atom. The van der Waals surface area contributed by atoms with E-state index in [1.54, 1.807) is 24.3 Å². The zero-order valence-corrected chi connectivity index (χ0v) is 11.2. The summed E-state index contributed by atoms with van der Waals surface area (Å²) in [5.41, 5.74) is 0.756. The molecule has 1 aromatic carbocycles. The third kappa shape index (κ3) is 4.84. The van der Waals surface area contributed by atoms with Gasteiger partial charge in [0.2, 0.25) is 0 Å². The standard InChI is InChI=1S/C15H17NO3/c1-3-9-19-15(17)13(11-16)10-12-5-7-14(8-6-12)18-4-2/h5-8,10H,3-4,9H2,1-2H3. The molecule has 19 heavy (non-hydrogen) atoms. The number of rotatable bonds is 6. The molecule has 0 fully saturated rings. The maximum absolute atomic E-state index is 11.6. The molecule has 0 saturated carbocycles. The van der Waals surface area contributed by atoms with E-state index in [-0.39, 0.29) is 5.57 Å². The fourth-order valence-corrected chi connectivity index (χ4v) is 1.40. The van der Waals surface area contributed by atoms with E-state index in [0.29, 0.717) is 13.2 Å². The Kier molecular flexibility index (Phi) is 6.17. The average molecular weight is 259 g/mol. The topological polar surface area (TPSA) is 59.3 Å². The van der Waals surface area contributed by atoms with Gasteiger partial charge >= 0.3 is 5.97 Å². The summed E-state index contributed by atoms with van der Waals surface area (Å²) in [6.45, 7) is 4.73. The SMILES string of the molecule is CCCOC(=O)C(C#N)=Cc1ccc(OCC)cc1. The van der Waals surface area contributed by atoms with Crippen LogP contribution >= 0.6 is 0 Å². The molecule has 1 rings (SSSR count). The van der Waals surface area contributed by atoms with Gasteiger partial charge in [0.05, 0.1) is 13.2 Å². The highest BCUT2D eigenvalue weighted by Crippen LogP contribution is 2.15. The zero-order valence-electron chi connectivity index (χ0n) is 11.2. The lowest BCUT2D eigenvalue weighted by atomic mass is 10.1. The largest absolute Gasteiger partial charge is 0.494 e. The highest BCUT2D eigenvalue weighted by atomic mass is 16.5. The van der Waals surface area contributed by atoms with Crippen molar-refractivity contribution in [2.75, 3.05) is 13.2 Å². The van der Waals surface area contributed by atoms with Crippen LogP contribution < -0.4 is 4.74 Å². The van der Waals surface area contributed by atoms with Crippen LogP contribution in [-0.2, 0) is 9.53 Å². The number of esters is 1. The quantitative estimate of drug-likeness (QED) is 0.447. The van der Waals surface area contributed by atoms with E-state index in [0.717, 1.165) is 17.7 Å². The van der Waals surface area contributed by atoms with Gasteiger partial charge < -0.3 is 9.47 Å². The van der Waals surface area contributed by atoms with E-state index in [9.17, 15) is 4.79 Å². The summed E-state index contributed by atoms with van der Waals surface area (Å²) in [7, 11) is 0. The van der Waals surface area contributed by atoms with E-state index >= 15 is 0 Å². The molecule has 100 valence electrons. The summed E-state index contributed by atoms with van der Waals surface area (Å²) in [6, 6.07) is 9.02. The molecule has 0 heterocycles. The second-order valence-corrected chi connectivity index (χ2v) is 3.81. The van der Waals surface area contributed by atoms with Crippen LogP contribution in [0.4, 0.5) is 0 Å². The minimum absolute atomic E-state index is 0.00221. The predicted molar refractivity (Wildman–Crippen MR) is 72.5 cm³/mol. The molecule has 0 aromatic heterocycles. The summed E-state index contributed by atoms with van der Waals surface area (Å²) in [5, 5.41) is 8.95. The molecule has 0 radical (unpaired) electrons. The summed E-state index contributed by atoms with van der Waals surface area (Å²) in [5.74, 6) is 0.171. The second-order valence-electron chi connectivity index (χ2n) is 3.81. The van der Waals surface area contributed by atoms with Gasteiger partial charge in [-0.3, -0.25) is 0 Å². The number of nitrogens with zero attached hydrogens (tertiary/aromatic N) is 1. The molecule has 0 unspecified atom stereocenters. The van der Waals surface area contributed by atoms with Gasteiger partial charge in [0, 0.05) is 0 Å². The molecule has 0 aliphatic carbocycles. The molecule has 0 atom stereocenters. The van der Waals surface area contributed by atoms with Crippen LogP contribution in [0.25, 0.3) is 6.08 Å². The fourth-order valence-electron chi connectivity index (χ4n) is 1.40. The van der Waals surface area contributed by atoms with Crippen LogP contribution in [-0.4, -0.2) is 19.2 Å². The van der Waals surface area contributed by atoms with Crippen molar-refractivity contribution in [2.45, 2.75) is 20.3 Å². The molecule has 0 bridgehead atoms. The third-order valence-corrected chi connectivity index (χ3v) is 2.28. The van der Waals surface area contributed by atoms with Gasteiger partial charge in [-0.25, -0.2) is 4.79 Å². The molecule has 0 N–H and O–H groups in total. The first-order valence-electron chi connectivity index (χ1n) is 6.23. The Hall–Kier alpha value is -2.28. The number of nitriles is 1. The fraction of sp³-hybridized carbons (Fsp3) is 0.333. The molecule has 4 heteroatoms. The maximum Gasteiger partial charge on any atom is 0.348 e. The number of carbonyl (C=O) groups is 1. The Morgan fingerprint density at radius 3 is 2.53 bits per heavy atom. The Bertz CT molecular complexity index is 483. The highest BCUT2D eigenvalue weighted by molar-refractivity contribution is 5.97. The van der Waals surface area contributed by atoms with Gasteiger partial charge in [-0.05, 0) is 37.1 Å². The molecule has 0 spiro atoms. The van der Waals surface area contributed by atoms with Gasteiger partial charge in [0.1, 0.15) is 17.4 Å². The lowest BCUT2D eigenvalue weighted by Crippen LogP contribution is -2.07. The molecule has 0 aliphatic rings. The number of benzene rings is 1. The molecule has 1 aromatic rings. The van der Waals surface area contributed by atoms with Crippen LogP contribution in [0.5, 0.6) is 5.75 Å². The van der Waals surface area contributed by atoms with Gasteiger partial charge in [0.15, 0.2) is 0 Å². The van der Waals surface area contributed by atoms with Gasteiger partial charge in [-0.2, -0.15) is 5.26 Å². The van der Waals surface area contributed by atoms with Crippen molar-refractivity contribution in [2.24, 2.45) is 0 Å². The molecular weight excluding hydrogens is 242 g/mol. The van der Waals surface area contributed by atoms with Crippen molar-refractivity contribution in [1.82, 2.24) is 0 Å². The monoisotopic (exact) mass is 259 g/mol. The highest BCUT2D eigenvalue weighted by Gasteiger charge is 2.09. The van der Waals surface area contributed by atoms with Crippen LogP contribution in [0, 0.1) is 11.3 Å². The number of carbonyl (C=O) groups excluding carboxylic acids is 1. The Balaban J connectivity index is 2.80. The van der Waals surface area contributed by atoms with Crippen LogP contribution in [0.2, 0.25) is 0 Å². The Labute approximate surface area is 113 Å². The number of hydrogen-bond donors (Lipinski definition) is 0. The van der Waals surface area contributed by atoms with E-state index in [1.165, 1.54) is 6.08 Å². The summed E-state index contributed by atoms with van der Waals surface area (Å²) < 4.78 is 10.2. The number of hydrogen-bond acceptors (Lipinski definition) is 4. The average Bonchev–Trinajstić information content (AvgIpc) is 2.44. The summed E-state index contributed by atoms with van der Waals surface area (Å²) in [6.07, 6.45) is 2.24. The van der Waals surface area contributed by atoms with E-state index < -0.39 is 5.97 Å². The van der Waals surface area contributed by atoms with Crippen molar-refractivity contribution in [3.8, 4) is 11.8 Å². The van der Waals surface area contributed by atoms with E-state index in [1.807, 2.05) is 19.9 Å². The number of ether oxygens (including phenoxy) is 2. The summed E-state index contributed by atoms with van der Waals surface area (Å²) in [4.78, 5) is 11.6. The minimum Gasteiger partial charge on any atom is -0.494 e. The van der Waals surface area contributed by atoms with Gasteiger partial charge in [0.25, 0.3) is 0 Å². The van der Waals surface area contributed by atoms with Gasteiger partial charge in [-0.15, -0.1) is 0 Å². The van der Waals surface area contributed by atoms with E-state index in [4.69, 9.17) is 14.7 Å². The normalized spacial score (nSPS) is 10.7.